The Hall–Kier alpha value is -0.980. The molecule has 1 fully saturated rings. The molecule has 1 aromatic carbocycles. The Kier molecular flexibility index (Phi) is 3.46. The van der Waals surface area contributed by atoms with Crippen molar-refractivity contribution in [1.82, 2.24) is 5.32 Å². The summed E-state index contributed by atoms with van der Waals surface area (Å²) in [5, 5.41) is 11.6. The standard InChI is InChI=1S/C10H5BrClNO3S/c11-5-1-4(8(14)6(12)3-5)2-7-9(15)13-10(16)17-7/h1-3,14H,(H,13,15,16). The summed E-state index contributed by atoms with van der Waals surface area (Å²) in [6, 6.07) is 3.14. The van der Waals surface area contributed by atoms with Gasteiger partial charge in [0.05, 0.1) is 9.93 Å². The smallest absolute Gasteiger partial charge is 0.290 e. The molecule has 4 nitrogen and oxygen atoms in total. The molecule has 1 heterocycles. The lowest BCUT2D eigenvalue weighted by atomic mass is 10.2. The van der Waals surface area contributed by atoms with Gasteiger partial charge in [0.2, 0.25) is 0 Å². The number of benzene rings is 1. The summed E-state index contributed by atoms with van der Waals surface area (Å²) in [5.41, 5.74) is 0.372. The number of hydrogen-bond acceptors (Lipinski definition) is 4. The normalized spacial score (nSPS) is 17.6. The van der Waals surface area contributed by atoms with Crippen LogP contribution in [0.3, 0.4) is 0 Å². The number of imide groups is 1. The molecule has 0 atom stereocenters. The predicted octanol–water partition coefficient (Wildman–Crippen LogP) is 3.13. The lowest BCUT2D eigenvalue weighted by Gasteiger charge is -2.03. The van der Waals surface area contributed by atoms with Gasteiger partial charge in [-0.1, -0.05) is 27.5 Å². The van der Waals surface area contributed by atoms with Gasteiger partial charge in [-0.2, -0.15) is 0 Å². The number of amides is 2. The second kappa shape index (κ2) is 4.72. The molecule has 1 aromatic rings. The van der Waals surface area contributed by atoms with E-state index < -0.39 is 11.1 Å². The first-order valence-corrected chi connectivity index (χ1v) is 6.39. The number of phenols is 1. The topological polar surface area (TPSA) is 66.4 Å². The maximum Gasteiger partial charge on any atom is 0.290 e. The van der Waals surface area contributed by atoms with Crippen LogP contribution in [0.4, 0.5) is 4.79 Å². The number of nitrogens with one attached hydrogen (secondary N) is 1. The van der Waals surface area contributed by atoms with E-state index >= 15 is 0 Å². The largest absolute Gasteiger partial charge is 0.506 e. The molecular formula is C10H5BrClNO3S. The first-order valence-electron chi connectivity index (χ1n) is 4.40. The minimum absolute atomic E-state index is 0.130. The average Bonchev–Trinajstić information content (AvgIpc) is 2.53. The van der Waals surface area contributed by atoms with Crippen LogP contribution in [0.15, 0.2) is 21.5 Å². The second-order valence-electron chi connectivity index (χ2n) is 3.18. The number of phenolic OH excluding ortho intramolecular Hbond substituents is 1. The molecule has 0 aromatic heterocycles. The molecule has 7 heteroatoms. The third-order valence-electron chi connectivity index (χ3n) is 1.99. The summed E-state index contributed by atoms with van der Waals surface area (Å²) < 4.78 is 0.668. The number of rotatable bonds is 1. The fourth-order valence-corrected chi connectivity index (χ4v) is 2.77. The summed E-state index contributed by atoms with van der Waals surface area (Å²) >= 11 is 9.79. The van der Waals surface area contributed by atoms with Crippen molar-refractivity contribution >= 4 is 56.5 Å². The Labute approximate surface area is 114 Å². The average molecular weight is 335 g/mol. The summed E-state index contributed by atoms with van der Waals surface area (Å²) in [7, 11) is 0. The maximum atomic E-state index is 11.3. The number of carbonyl (C=O) groups is 2. The van der Waals surface area contributed by atoms with Crippen LogP contribution in [0.1, 0.15) is 5.56 Å². The van der Waals surface area contributed by atoms with Gasteiger partial charge in [0, 0.05) is 10.0 Å². The van der Waals surface area contributed by atoms with Crippen LogP contribution in [0.25, 0.3) is 6.08 Å². The Morgan fingerprint density at radius 1 is 1.41 bits per heavy atom. The van der Waals surface area contributed by atoms with Gasteiger partial charge in [-0.05, 0) is 30.0 Å². The van der Waals surface area contributed by atoms with Gasteiger partial charge in [0.15, 0.2) is 0 Å². The van der Waals surface area contributed by atoms with E-state index in [9.17, 15) is 14.7 Å². The molecule has 2 rings (SSSR count). The van der Waals surface area contributed by atoms with Crippen LogP contribution in [0.5, 0.6) is 5.75 Å². The van der Waals surface area contributed by atoms with E-state index in [-0.39, 0.29) is 15.7 Å². The minimum atomic E-state index is -0.476. The zero-order chi connectivity index (χ0) is 12.6. The highest BCUT2D eigenvalue weighted by molar-refractivity contribution is 9.10. The van der Waals surface area contributed by atoms with E-state index in [4.69, 9.17) is 11.6 Å². The number of aromatic hydroxyl groups is 1. The van der Waals surface area contributed by atoms with Crippen molar-refractivity contribution in [3.8, 4) is 5.75 Å². The van der Waals surface area contributed by atoms with E-state index in [2.05, 4.69) is 21.2 Å². The Balaban J connectivity index is 2.46. The first kappa shape index (κ1) is 12.5. The molecule has 2 amide bonds. The molecule has 0 unspecified atom stereocenters. The van der Waals surface area contributed by atoms with Crippen molar-refractivity contribution in [1.29, 1.82) is 0 Å². The predicted molar refractivity (Wildman–Crippen MR) is 69.9 cm³/mol. The molecule has 1 aliphatic rings. The van der Waals surface area contributed by atoms with Crippen molar-refractivity contribution in [3.63, 3.8) is 0 Å². The SMILES string of the molecule is O=C1NC(=O)C(=Cc2cc(Br)cc(Cl)c2O)S1. The number of halogens is 2. The summed E-state index contributed by atoms with van der Waals surface area (Å²) in [4.78, 5) is 22.5. The third kappa shape index (κ3) is 2.65. The van der Waals surface area contributed by atoms with Gasteiger partial charge in [0.25, 0.3) is 11.1 Å². The maximum absolute atomic E-state index is 11.3. The Morgan fingerprint density at radius 2 is 2.12 bits per heavy atom. The van der Waals surface area contributed by atoms with E-state index in [1.165, 1.54) is 12.1 Å². The van der Waals surface area contributed by atoms with Crippen LogP contribution in [0.2, 0.25) is 5.02 Å². The molecule has 0 spiro atoms. The first-order chi connectivity index (χ1) is 7.97. The summed E-state index contributed by atoms with van der Waals surface area (Å²) in [6.45, 7) is 0. The van der Waals surface area contributed by atoms with Crippen LogP contribution in [-0.2, 0) is 4.79 Å². The van der Waals surface area contributed by atoms with Gasteiger partial charge in [-0.3, -0.25) is 14.9 Å². The lowest BCUT2D eigenvalue weighted by molar-refractivity contribution is -0.115. The number of hydrogen-bond donors (Lipinski definition) is 2. The van der Waals surface area contributed by atoms with Crippen molar-refractivity contribution in [2.24, 2.45) is 0 Å². The fourth-order valence-electron chi connectivity index (χ4n) is 1.26. The second-order valence-corrected chi connectivity index (χ2v) is 5.52. The quantitative estimate of drug-likeness (QED) is 0.774. The number of thioether (sulfide) groups is 1. The minimum Gasteiger partial charge on any atom is -0.506 e. The molecule has 17 heavy (non-hydrogen) atoms. The molecule has 0 bridgehead atoms. The van der Waals surface area contributed by atoms with Crippen molar-refractivity contribution in [3.05, 3.63) is 32.1 Å². The summed E-state index contributed by atoms with van der Waals surface area (Å²) in [6.07, 6.45) is 1.41. The molecule has 2 N–H and O–H groups in total. The van der Waals surface area contributed by atoms with Gasteiger partial charge in [-0.15, -0.1) is 0 Å². The molecule has 0 saturated carbocycles. The van der Waals surface area contributed by atoms with Crippen molar-refractivity contribution in [2.45, 2.75) is 0 Å². The van der Waals surface area contributed by atoms with Gasteiger partial charge in [0.1, 0.15) is 5.75 Å². The van der Waals surface area contributed by atoms with E-state index in [1.54, 1.807) is 6.07 Å². The van der Waals surface area contributed by atoms with Gasteiger partial charge in [-0.25, -0.2) is 0 Å². The van der Waals surface area contributed by atoms with Crippen LogP contribution < -0.4 is 5.32 Å². The highest BCUT2D eigenvalue weighted by Crippen LogP contribution is 2.35. The van der Waals surface area contributed by atoms with E-state index in [0.29, 0.717) is 10.0 Å². The highest BCUT2D eigenvalue weighted by Gasteiger charge is 2.25. The monoisotopic (exact) mass is 333 g/mol. The van der Waals surface area contributed by atoms with Crippen molar-refractivity contribution in [2.75, 3.05) is 0 Å². The number of carbonyl (C=O) groups excluding carboxylic acids is 2. The van der Waals surface area contributed by atoms with Gasteiger partial charge < -0.3 is 5.11 Å². The van der Waals surface area contributed by atoms with Crippen molar-refractivity contribution < 1.29 is 14.7 Å². The zero-order valence-corrected chi connectivity index (χ0v) is 11.3. The third-order valence-corrected chi connectivity index (χ3v) is 3.54. The molecule has 1 aliphatic heterocycles. The molecule has 1 saturated heterocycles. The fraction of sp³-hybridized carbons (Fsp3) is 0. The molecular weight excluding hydrogens is 330 g/mol. The molecule has 88 valence electrons. The summed E-state index contributed by atoms with van der Waals surface area (Å²) in [5.74, 6) is -0.606. The van der Waals surface area contributed by atoms with E-state index in [0.717, 1.165) is 11.8 Å². The van der Waals surface area contributed by atoms with Gasteiger partial charge >= 0.3 is 0 Å². The highest BCUT2D eigenvalue weighted by atomic mass is 79.9. The van der Waals surface area contributed by atoms with Crippen LogP contribution >= 0.6 is 39.3 Å². The Morgan fingerprint density at radius 3 is 2.71 bits per heavy atom. The molecule has 0 aliphatic carbocycles. The van der Waals surface area contributed by atoms with E-state index in [1.807, 2.05) is 0 Å². The lowest BCUT2D eigenvalue weighted by Crippen LogP contribution is -2.17. The van der Waals surface area contributed by atoms with Crippen LogP contribution in [0, 0.1) is 0 Å². The molecule has 0 radical (unpaired) electrons. The van der Waals surface area contributed by atoms with Crippen LogP contribution in [-0.4, -0.2) is 16.3 Å². The zero-order valence-electron chi connectivity index (χ0n) is 8.16. The Bertz CT molecular complexity index is 559.